The summed E-state index contributed by atoms with van der Waals surface area (Å²) in [6.45, 7) is 10.2. The van der Waals surface area contributed by atoms with Crippen molar-refractivity contribution in [3.05, 3.63) is 0 Å². The van der Waals surface area contributed by atoms with E-state index in [2.05, 4.69) is 31.4 Å². The quantitative estimate of drug-likeness (QED) is 0.831. The first-order valence-electron chi connectivity index (χ1n) is 7.94. The van der Waals surface area contributed by atoms with E-state index < -0.39 is 0 Å². The SMILES string of the molecule is CC(C)(C)CCNC(=O)N1CCC(N2CCNC2=O)CC1. The van der Waals surface area contributed by atoms with Crippen LogP contribution in [0.2, 0.25) is 0 Å². The molecule has 2 aliphatic rings. The Morgan fingerprint density at radius 1 is 1.29 bits per heavy atom. The van der Waals surface area contributed by atoms with Gasteiger partial charge in [-0.1, -0.05) is 20.8 Å². The van der Waals surface area contributed by atoms with Gasteiger partial charge in [0.1, 0.15) is 0 Å². The van der Waals surface area contributed by atoms with Crippen molar-refractivity contribution in [2.24, 2.45) is 5.41 Å². The first-order chi connectivity index (χ1) is 9.87. The van der Waals surface area contributed by atoms with Gasteiger partial charge in [0.25, 0.3) is 0 Å². The lowest BCUT2D eigenvalue weighted by atomic mass is 9.92. The minimum absolute atomic E-state index is 0.0311. The van der Waals surface area contributed by atoms with Crippen LogP contribution in [0, 0.1) is 5.41 Å². The Balaban J connectivity index is 1.70. The summed E-state index contributed by atoms with van der Waals surface area (Å²) in [4.78, 5) is 27.5. The molecule has 120 valence electrons. The molecule has 2 rings (SSSR count). The summed E-state index contributed by atoms with van der Waals surface area (Å²) < 4.78 is 0. The molecule has 2 aliphatic heterocycles. The molecule has 0 unspecified atom stereocenters. The van der Waals surface area contributed by atoms with Crippen LogP contribution in [0.5, 0.6) is 0 Å². The second-order valence-corrected chi connectivity index (χ2v) is 7.19. The first kappa shape index (κ1) is 15.9. The molecule has 2 fully saturated rings. The summed E-state index contributed by atoms with van der Waals surface area (Å²) in [5.41, 5.74) is 0.239. The molecule has 4 amide bonds. The van der Waals surface area contributed by atoms with Crippen LogP contribution >= 0.6 is 0 Å². The summed E-state index contributed by atoms with van der Waals surface area (Å²) in [5, 5.41) is 5.83. The van der Waals surface area contributed by atoms with E-state index in [1.807, 2.05) is 9.80 Å². The molecule has 0 aliphatic carbocycles. The van der Waals surface area contributed by atoms with Gasteiger partial charge >= 0.3 is 12.1 Å². The molecular weight excluding hydrogens is 268 g/mol. The molecule has 2 N–H and O–H groups in total. The Morgan fingerprint density at radius 3 is 2.48 bits per heavy atom. The zero-order chi connectivity index (χ0) is 15.5. The van der Waals surface area contributed by atoms with Gasteiger partial charge in [0.05, 0.1) is 0 Å². The standard InChI is InChI=1S/C15H28N4O2/c1-15(2,3)6-7-16-13(20)18-9-4-12(5-10-18)19-11-8-17-14(19)21/h12H,4-11H2,1-3H3,(H,16,20)(H,17,21). The Bertz CT molecular complexity index is 384. The van der Waals surface area contributed by atoms with Crippen LogP contribution in [0.3, 0.4) is 0 Å². The van der Waals surface area contributed by atoms with Gasteiger partial charge in [-0.15, -0.1) is 0 Å². The van der Waals surface area contributed by atoms with E-state index in [1.165, 1.54) is 0 Å². The molecule has 0 radical (unpaired) electrons. The average molecular weight is 296 g/mol. The number of hydrogen-bond acceptors (Lipinski definition) is 2. The minimum Gasteiger partial charge on any atom is -0.338 e. The topological polar surface area (TPSA) is 64.7 Å². The van der Waals surface area contributed by atoms with Crippen LogP contribution in [-0.4, -0.2) is 60.6 Å². The maximum absolute atomic E-state index is 12.1. The predicted octanol–water partition coefficient (Wildman–Crippen LogP) is 1.62. The lowest BCUT2D eigenvalue weighted by Gasteiger charge is -2.36. The van der Waals surface area contributed by atoms with Crippen molar-refractivity contribution < 1.29 is 9.59 Å². The predicted molar refractivity (Wildman–Crippen MR) is 82.2 cm³/mol. The van der Waals surface area contributed by atoms with Crippen LogP contribution in [-0.2, 0) is 0 Å². The summed E-state index contributed by atoms with van der Waals surface area (Å²) >= 11 is 0. The number of carbonyl (C=O) groups excluding carboxylic acids is 2. The number of amides is 4. The van der Waals surface area contributed by atoms with Crippen LogP contribution in [0.25, 0.3) is 0 Å². The highest BCUT2D eigenvalue weighted by Crippen LogP contribution is 2.19. The molecule has 0 saturated carbocycles. The largest absolute Gasteiger partial charge is 0.338 e. The maximum Gasteiger partial charge on any atom is 0.317 e. The normalized spacial score (nSPS) is 20.6. The van der Waals surface area contributed by atoms with Crippen LogP contribution in [0.15, 0.2) is 0 Å². The molecule has 0 aromatic heterocycles. The molecule has 0 aromatic rings. The third-order valence-corrected chi connectivity index (χ3v) is 4.23. The smallest absolute Gasteiger partial charge is 0.317 e. The second-order valence-electron chi connectivity index (χ2n) is 7.19. The van der Waals surface area contributed by atoms with Gasteiger partial charge in [0.15, 0.2) is 0 Å². The van der Waals surface area contributed by atoms with Crippen molar-refractivity contribution in [1.82, 2.24) is 20.4 Å². The summed E-state index contributed by atoms with van der Waals surface area (Å²) in [6, 6.07) is 0.359. The molecule has 0 bridgehead atoms. The molecular formula is C15H28N4O2. The number of urea groups is 2. The lowest BCUT2D eigenvalue weighted by Crippen LogP contribution is -2.50. The highest BCUT2D eigenvalue weighted by molar-refractivity contribution is 5.77. The third kappa shape index (κ3) is 4.51. The van der Waals surface area contributed by atoms with E-state index in [9.17, 15) is 9.59 Å². The summed E-state index contributed by atoms with van der Waals surface area (Å²) in [5.74, 6) is 0. The number of rotatable bonds is 3. The fraction of sp³-hybridized carbons (Fsp3) is 0.867. The monoisotopic (exact) mass is 296 g/mol. The first-order valence-corrected chi connectivity index (χ1v) is 7.94. The van der Waals surface area contributed by atoms with Crippen molar-refractivity contribution in [2.75, 3.05) is 32.7 Å². The Hall–Kier alpha value is -1.46. The fourth-order valence-corrected chi connectivity index (χ4v) is 2.87. The van der Waals surface area contributed by atoms with Gasteiger partial charge < -0.3 is 20.4 Å². The molecule has 0 aromatic carbocycles. The maximum atomic E-state index is 12.1. The van der Waals surface area contributed by atoms with E-state index in [4.69, 9.17) is 0 Å². The van der Waals surface area contributed by atoms with Gasteiger partial charge in [0, 0.05) is 38.8 Å². The molecule has 2 saturated heterocycles. The molecule has 6 nitrogen and oxygen atoms in total. The molecule has 0 spiro atoms. The molecule has 2 heterocycles. The van der Waals surface area contributed by atoms with Gasteiger partial charge in [-0.25, -0.2) is 9.59 Å². The van der Waals surface area contributed by atoms with Gasteiger partial charge in [-0.3, -0.25) is 0 Å². The van der Waals surface area contributed by atoms with Gasteiger partial charge in [-0.2, -0.15) is 0 Å². The second kappa shape index (κ2) is 6.54. The Morgan fingerprint density at radius 2 is 1.95 bits per heavy atom. The zero-order valence-electron chi connectivity index (χ0n) is 13.4. The van der Waals surface area contributed by atoms with Crippen molar-refractivity contribution in [3.63, 3.8) is 0 Å². The summed E-state index contributed by atoms with van der Waals surface area (Å²) in [7, 11) is 0. The number of piperidine rings is 1. The van der Waals surface area contributed by atoms with Crippen molar-refractivity contribution >= 4 is 12.1 Å². The van der Waals surface area contributed by atoms with Gasteiger partial charge in [-0.05, 0) is 24.7 Å². The average Bonchev–Trinajstić information content (AvgIpc) is 2.83. The number of hydrogen-bond donors (Lipinski definition) is 2. The van der Waals surface area contributed by atoms with E-state index in [1.54, 1.807) is 0 Å². The van der Waals surface area contributed by atoms with Crippen LogP contribution in [0.1, 0.15) is 40.0 Å². The van der Waals surface area contributed by atoms with E-state index in [-0.39, 0.29) is 23.5 Å². The number of nitrogens with zero attached hydrogens (tertiary/aromatic N) is 2. The van der Waals surface area contributed by atoms with Gasteiger partial charge in [0.2, 0.25) is 0 Å². The Labute approximate surface area is 127 Å². The number of nitrogens with one attached hydrogen (secondary N) is 2. The summed E-state index contributed by atoms with van der Waals surface area (Å²) in [6.07, 6.45) is 2.73. The Kier molecular flexibility index (Phi) is 4.96. The molecule has 0 atom stereocenters. The van der Waals surface area contributed by atoms with Crippen molar-refractivity contribution in [2.45, 2.75) is 46.1 Å². The van der Waals surface area contributed by atoms with Crippen molar-refractivity contribution in [1.29, 1.82) is 0 Å². The van der Waals surface area contributed by atoms with Crippen molar-refractivity contribution in [3.8, 4) is 0 Å². The van der Waals surface area contributed by atoms with E-state index >= 15 is 0 Å². The lowest BCUT2D eigenvalue weighted by molar-refractivity contribution is 0.140. The van der Waals surface area contributed by atoms with Crippen LogP contribution < -0.4 is 10.6 Å². The zero-order valence-corrected chi connectivity index (χ0v) is 13.4. The minimum atomic E-state index is 0.0311. The highest BCUT2D eigenvalue weighted by Gasteiger charge is 2.31. The molecule has 21 heavy (non-hydrogen) atoms. The molecule has 6 heteroatoms. The number of carbonyl (C=O) groups is 2. The van der Waals surface area contributed by atoms with E-state index in [0.29, 0.717) is 0 Å². The highest BCUT2D eigenvalue weighted by atomic mass is 16.2. The van der Waals surface area contributed by atoms with E-state index in [0.717, 1.165) is 52.0 Å². The fourth-order valence-electron chi connectivity index (χ4n) is 2.87. The van der Waals surface area contributed by atoms with Crippen LogP contribution in [0.4, 0.5) is 9.59 Å². The third-order valence-electron chi connectivity index (χ3n) is 4.23. The number of likely N-dealkylation sites (tertiary alicyclic amines) is 1.